The molecule has 1 aliphatic rings. The summed E-state index contributed by atoms with van der Waals surface area (Å²) in [6.45, 7) is 11.2. The van der Waals surface area contributed by atoms with Crippen LogP contribution in [0.4, 0.5) is 0 Å². The molecule has 1 heteroatoms. The van der Waals surface area contributed by atoms with Gasteiger partial charge in [-0.3, -0.25) is 0 Å². The molecule has 0 N–H and O–H groups in total. The van der Waals surface area contributed by atoms with Crippen LogP contribution in [0.1, 0.15) is 19.3 Å². The summed E-state index contributed by atoms with van der Waals surface area (Å²) < 4.78 is 0. The van der Waals surface area contributed by atoms with Crippen LogP contribution >= 0.6 is 0 Å². The Morgan fingerprint density at radius 3 is 2.36 bits per heavy atom. The molecule has 1 saturated carbocycles. The Bertz CT molecular complexity index is 210. The van der Waals surface area contributed by atoms with Gasteiger partial charge in [0.2, 0.25) is 0 Å². The fourth-order valence-corrected chi connectivity index (χ4v) is 2.90. The normalized spacial score (nSPS) is 28.5. The van der Waals surface area contributed by atoms with Crippen molar-refractivity contribution in [2.45, 2.75) is 44.9 Å². The summed E-state index contributed by atoms with van der Waals surface area (Å²) in [5.74, 6) is 1.63. The van der Waals surface area contributed by atoms with Crippen LogP contribution in [-0.4, -0.2) is 8.07 Å². The Kier molecular flexibility index (Phi) is 4.18. The molecule has 0 bridgehead atoms. The minimum Gasteiger partial charge on any atom is -0.103 e. The van der Waals surface area contributed by atoms with E-state index in [0.29, 0.717) is 0 Å². The van der Waals surface area contributed by atoms with Crippen molar-refractivity contribution in [3.8, 4) is 0 Å². The van der Waals surface area contributed by atoms with Gasteiger partial charge in [0.25, 0.3) is 0 Å². The van der Waals surface area contributed by atoms with Crippen LogP contribution in [-0.2, 0) is 0 Å². The van der Waals surface area contributed by atoms with Crippen molar-refractivity contribution in [3.63, 3.8) is 0 Å². The Hall–Kier alpha value is -0.303. The van der Waals surface area contributed by atoms with E-state index in [1.807, 2.05) is 0 Å². The van der Waals surface area contributed by atoms with E-state index in [1.54, 1.807) is 0 Å². The Morgan fingerprint density at radius 2 is 1.86 bits per heavy atom. The second kappa shape index (κ2) is 4.97. The lowest BCUT2D eigenvalue weighted by molar-refractivity contribution is 0.639. The van der Waals surface area contributed by atoms with Crippen molar-refractivity contribution in [2.75, 3.05) is 0 Å². The summed E-state index contributed by atoms with van der Waals surface area (Å²) in [5.41, 5.74) is 0. The molecule has 80 valence electrons. The molecule has 0 aromatic rings. The summed E-state index contributed by atoms with van der Waals surface area (Å²) in [6, 6.07) is 1.34. The smallest absolute Gasteiger partial charge is 0.0480 e. The van der Waals surface area contributed by atoms with Crippen LogP contribution in [0, 0.1) is 11.8 Å². The molecule has 0 amide bonds. The first-order valence-electron chi connectivity index (χ1n) is 5.80. The highest BCUT2D eigenvalue weighted by molar-refractivity contribution is 6.76. The predicted molar refractivity (Wildman–Crippen MR) is 68.3 cm³/mol. The fourth-order valence-electron chi connectivity index (χ4n) is 2.06. The summed E-state index contributed by atoms with van der Waals surface area (Å²) in [6.07, 6.45) is 11.1. The average Bonchev–Trinajstić information content (AvgIpc) is 2.50. The second-order valence-corrected chi connectivity index (χ2v) is 11.3. The van der Waals surface area contributed by atoms with Gasteiger partial charge >= 0.3 is 0 Å². The van der Waals surface area contributed by atoms with Gasteiger partial charge in [-0.05, 0) is 37.1 Å². The van der Waals surface area contributed by atoms with Gasteiger partial charge < -0.3 is 0 Å². The van der Waals surface area contributed by atoms with Crippen LogP contribution in [0.25, 0.3) is 0 Å². The summed E-state index contributed by atoms with van der Waals surface area (Å²) in [4.78, 5) is 0. The van der Waals surface area contributed by atoms with E-state index in [1.165, 1.54) is 25.3 Å². The van der Waals surface area contributed by atoms with Crippen molar-refractivity contribution in [1.29, 1.82) is 0 Å². The van der Waals surface area contributed by atoms with Crippen molar-refractivity contribution in [1.82, 2.24) is 0 Å². The summed E-state index contributed by atoms with van der Waals surface area (Å²) in [7, 11) is -0.861. The maximum atomic E-state index is 3.88. The monoisotopic (exact) mass is 208 g/mol. The minimum absolute atomic E-state index is 0.788. The first-order valence-corrected chi connectivity index (χ1v) is 9.51. The highest BCUT2D eigenvalue weighted by Gasteiger charge is 2.20. The highest BCUT2D eigenvalue weighted by atomic mass is 28.3. The third-order valence-electron chi connectivity index (χ3n) is 2.99. The Labute approximate surface area is 90.1 Å². The molecule has 0 aromatic carbocycles. The third kappa shape index (κ3) is 4.27. The topological polar surface area (TPSA) is 0 Å². The van der Waals surface area contributed by atoms with E-state index in [-0.39, 0.29) is 0 Å². The zero-order valence-corrected chi connectivity index (χ0v) is 10.9. The molecule has 2 atom stereocenters. The van der Waals surface area contributed by atoms with Crippen LogP contribution < -0.4 is 0 Å². The molecule has 0 heterocycles. The average molecular weight is 208 g/mol. The van der Waals surface area contributed by atoms with E-state index in [2.05, 4.69) is 44.4 Å². The molecule has 1 fully saturated rings. The van der Waals surface area contributed by atoms with E-state index in [0.717, 1.165) is 11.8 Å². The van der Waals surface area contributed by atoms with Gasteiger partial charge in [-0.1, -0.05) is 37.9 Å². The SMILES string of the molecule is C=C[C@@H]1CC[C@@H](/C=C/C[Si](C)(C)C)C1. The van der Waals surface area contributed by atoms with Crippen LogP contribution in [0.15, 0.2) is 24.8 Å². The maximum absolute atomic E-state index is 3.88. The Morgan fingerprint density at radius 1 is 1.21 bits per heavy atom. The highest BCUT2D eigenvalue weighted by Crippen LogP contribution is 2.32. The van der Waals surface area contributed by atoms with Gasteiger partial charge in [0.15, 0.2) is 0 Å². The van der Waals surface area contributed by atoms with E-state index >= 15 is 0 Å². The number of allylic oxidation sites excluding steroid dienone is 3. The van der Waals surface area contributed by atoms with Gasteiger partial charge in [0.1, 0.15) is 0 Å². The molecule has 0 saturated heterocycles. The maximum Gasteiger partial charge on any atom is 0.0480 e. The lowest BCUT2D eigenvalue weighted by atomic mass is 10.1. The molecule has 0 aromatic heterocycles. The molecule has 14 heavy (non-hydrogen) atoms. The number of rotatable bonds is 4. The van der Waals surface area contributed by atoms with Gasteiger partial charge in [0.05, 0.1) is 0 Å². The lowest BCUT2D eigenvalue weighted by Gasteiger charge is -2.12. The fraction of sp³-hybridized carbons (Fsp3) is 0.692. The van der Waals surface area contributed by atoms with Crippen LogP contribution in [0.2, 0.25) is 25.7 Å². The molecular formula is C13H24Si. The predicted octanol–water partition coefficient (Wildman–Crippen LogP) is 4.48. The molecule has 0 spiro atoms. The minimum atomic E-state index is -0.861. The molecule has 0 radical (unpaired) electrons. The van der Waals surface area contributed by atoms with Crippen LogP contribution in [0.5, 0.6) is 0 Å². The van der Waals surface area contributed by atoms with Crippen molar-refractivity contribution in [3.05, 3.63) is 24.8 Å². The van der Waals surface area contributed by atoms with Gasteiger partial charge in [-0.15, -0.1) is 6.58 Å². The molecule has 0 nitrogen and oxygen atoms in total. The molecular weight excluding hydrogens is 184 g/mol. The molecule has 1 rings (SSSR count). The first kappa shape index (κ1) is 11.8. The zero-order valence-electron chi connectivity index (χ0n) is 9.92. The third-order valence-corrected chi connectivity index (χ3v) is 4.45. The molecule has 0 unspecified atom stereocenters. The number of hydrogen-bond acceptors (Lipinski definition) is 0. The largest absolute Gasteiger partial charge is 0.103 e. The van der Waals surface area contributed by atoms with E-state index < -0.39 is 8.07 Å². The van der Waals surface area contributed by atoms with E-state index in [4.69, 9.17) is 0 Å². The Balaban J connectivity index is 2.28. The van der Waals surface area contributed by atoms with Crippen molar-refractivity contribution in [2.24, 2.45) is 11.8 Å². The standard InChI is InChI=1S/C13H24Si/c1-5-12-8-9-13(11-12)7-6-10-14(2,3)4/h5-7,12-13H,1,8-11H2,2-4H3/b7-6+/t12-,13-/m1/s1. The van der Waals surface area contributed by atoms with Gasteiger partial charge in [-0.25, -0.2) is 0 Å². The lowest BCUT2D eigenvalue weighted by Crippen LogP contribution is -2.17. The number of hydrogen-bond donors (Lipinski definition) is 0. The first-order chi connectivity index (χ1) is 6.51. The van der Waals surface area contributed by atoms with Crippen molar-refractivity contribution >= 4 is 8.07 Å². The molecule has 0 aliphatic heterocycles. The van der Waals surface area contributed by atoms with E-state index in [9.17, 15) is 0 Å². The van der Waals surface area contributed by atoms with Gasteiger partial charge in [0, 0.05) is 8.07 Å². The van der Waals surface area contributed by atoms with Crippen LogP contribution in [0.3, 0.4) is 0 Å². The molecule has 1 aliphatic carbocycles. The zero-order chi connectivity index (χ0) is 10.6. The summed E-state index contributed by atoms with van der Waals surface area (Å²) >= 11 is 0. The van der Waals surface area contributed by atoms with Crippen molar-refractivity contribution < 1.29 is 0 Å². The second-order valence-electron chi connectivity index (χ2n) is 5.76. The quantitative estimate of drug-likeness (QED) is 0.472. The van der Waals surface area contributed by atoms with Gasteiger partial charge in [-0.2, -0.15) is 0 Å². The summed E-state index contributed by atoms with van der Waals surface area (Å²) in [5, 5.41) is 0.